The highest BCUT2D eigenvalue weighted by Crippen LogP contribution is 2.37. The Balaban J connectivity index is 1.76. The van der Waals surface area contributed by atoms with Gasteiger partial charge in [0.25, 0.3) is 0 Å². The Morgan fingerprint density at radius 3 is 2.15 bits per heavy atom. The van der Waals surface area contributed by atoms with E-state index >= 15 is 0 Å². The van der Waals surface area contributed by atoms with Crippen LogP contribution in [0, 0.1) is 0 Å². The summed E-state index contributed by atoms with van der Waals surface area (Å²) in [6, 6.07) is 14.3. The fourth-order valence-electron chi connectivity index (χ4n) is 3.80. The van der Waals surface area contributed by atoms with Crippen LogP contribution in [0.15, 0.2) is 57.6 Å². The molecule has 0 bridgehead atoms. The van der Waals surface area contributed by atoms with Crippen LogP contribution in [0.2, 0.25) is 0 Å². The Bertz CT molecular complexity index is 1210. The van der Waals surface area contributed by atoms with Crippen LogP contribution < -0.4 is 18.9 Å². The van der Waals surface area contributed by atoms with E-state index in [0.29, 0.717) is 34.2 Å². The van der Waals surface area contributed by atoms with Gasteiger partial charge in [-0.05, 0) is 52.3 Å². The third-order valence-corrected chi connectivity index (χ3v) is 5.91. The van der Waals surface area contributed by atoms with Gasteiger partial charge in [0.15, 0.2) is 33.7 Å². The Morgan fingerprint density at radius 1 is 0.909 bits per heavy atom. The van der Waals surface area contributed by atoms with Gasteiger partial charge in [0.2, 0.25) is 12.1 Å². The summed E-state index contributed by atoms with van der Waals surface area (Å²) in [7, 11) is 6.35. The number of carbonyl (C=O) groups is 1. The van der Waals surface area contributed by atoms with Crippen LogP contribution in [0.5, 0.6) is 23.0 Å². The van der Waals surface area contributed by atoms with Crippen molar-refractivity contribution >= 4 is 33.9 Å². The minimum Gasteiger partial charge on any atom is -0.493 e. The van der Waals surface area contributed by atoms with Crippen molar-refractivity contribution in [1.29, 1.82) is 0 Å². The Kier molecular flexibility index (Phi) is 6.60. The second-order valence-electron chi connectivity index (χ2n) is 7.25. The fourth-order valence-corrected chi connectivity index (χ4v) is 4.11. The van der Waals surface area contributed by atoms with Crippen molar-refractivity contribution in [3.8, 4) is 23.0 Å². The first-order valence-electron chi connectivity index (χ1n) is 10.1. The molecular formula is C24H24BrN2O6+. The Labute approximate surface area is 200 Å². The Morgan fingerprint density at radius 2 is 1.55 bits per heavy atom. The van der Waals surface area contributed by atoms with Crippen molar-refractivity contribution in [2.45, 2.75) is 6.04 Å². The average Bonchev–Trinajstić information content (AvgIpc) is 3.49. The molecule has 1 aliphatic heterocycles. The molecule has 9 heteroatoms. The minimum atomic E-state index is -0.297. The number of nitrogens with zero attached hydrogens (tertiary/aromatic N) is 2. The topological polar surface area (TPSA) is 73.4 Å². The zero-order valence-corrected chi connectivity index (χ0v) is 20.3. The molecule has 172 valence electrons. The zero-order chi connectivity index (χ0) is 23.5. The average molecular weight is 516 g/mol. The van der Waals surface area contributed by atoms with Gasteiger partial charge in [-0.2, -0.15) is 4.90 Å². The molecule has 1 aliphatic rings. The first-order valence-corrected chi connectivity index (χ1v) is 10.9. The monoisotopic (exact) mass is 515 g/mol. The third-order valence-electron chi connectivity index (χ3n) is 5.48. The first kappa shape index (κ1) is 22.7. The molecular weight excluding hydrogens is 492 g/mol. The molecule has 3 aromatic rings. The van der Waals surface area contributed by atoms with Gasteiger partial charge in [0, 0.05) is 11.6 Å². The number of hydrogen-bond donors (Lipinski definition) is 0. The summed E-state index contributed by atoms with van der Waals surface area (Å²) in [6.45, 7) is 0.512. The number of halogens is 1. The quantitative estimate of drug-likeness (QED) is 0.426. The van der Waals surface area contributed by atoms with Crippen molar-refractivity contribution < 1.29 is 32.7 Å². The summed E-state index contributed by atoms with van der Waals surface area (Å²) in [4.78, 5) is 15.0. The summed E-state index contributed by atoms with van der Waals surface area (Å²) >= 11 is 3.27. The van der Waals surface area contributed by atoms with Gasteiger partial charge in [-0.25, -0.2) is 9.37 Å². The molecule has 0 aliphatic carbocycles. The molecule has 8 nitrogen and oxygen atoms in total. The van der Waals surface area contributed by atoms with Gasteiger partial charge in [-0.3, -0.25) is 0 Å². The molecule has 1 unspecified atom stereocenters. The van der Waals surface area contributed by atoms with E-state index in [1.807, 2.05) is 41.0 Å². The summed E-state index contributed by atoms with van der Waals surface area (Å²) in [5, 5.41) is 0. The standard InChI is InChI=1S/C24H24BrN2O6/c1-29-18-7-5-15(11-21(18)31-3)17-13-26(16-6-8-19(30-2)22(12-16)32-4)14-27(17)24(28)20-9-10-23(25)33-20/h5-12,14,17H,13H2,1-4H3/q+1. The second-order valence-corrected chi connectivity index (χ2v) is 8.04. The SMILES string of the molecule is COc1ccc(C2C[N+](c3ccc(OC)c(OC)c3)=CN2C(=O)c2ccc(Br)o2)cc1OC. The van der Waals surface area contributed by atoms with E-state index in [9.17, 15) is 4.79 Å². The number of carbonyl (C=O) groups excluding carboxylic acids is 1. The lowest BCUT2D eigenvalue weighted by molar-refractivity contribution is -0.429. The van der Waals surface area contributed by atoms with E-state index in [-0.39, 0.29) is 17.7 Å². The van der Waals surface area contributed by atoms with Crippen LogP contribution in [0.3, 0.4) is 0 Å². The number of methoxy groups -OCH3 is 4. The minimum absolute atomic E-state index is 0.234. The van der Waals surface area contributed by atoms with Crippen LogP contribution in [0.1, 0.15) is 22.2 Å². The van der Waals surface area contributed by atoms with Crippen LogP contribution >= 0.6 is 15.9 Å². The lowest BCUT2D eigenvalue weighted by atomic mass is 10.0. The predicted octanol–water partition coefficient (Wildman–Crippen LogP) is 4.65. The van der Waals surface area contributed by atoms with Gasteiger partial charge in [-0.1, -0.05) is 6.07 Å². The lowest BCUT2D eigenvalue weighted by Crippen LogP contribution is -2.31. The molecule has 0 radical (unpaired) electrons. The van der Waals surface area contributed by atoms with E-state index in [2.05, 4.69) is 15.9 Å². The molecule has 0 saturated heterocycles. The highest BCUT2D eigenvalue weighted by molar-refractivity contribution is 9.10. The predicted molar refractivity (Wildman–Crippen MR) is 125 cm³/mol. The van der Waals surface area contributed by atoms with Crippen molar-refractivity contribution in [2.24, 2.45) is 0 Å². The molecule has 2 aromatic carbocycles. The summed E-state index contributed by atoms with van der Waals surface area (Å²) in [6.07, 6.45) is 1.78. The van der Waals surface area contributed by atoms with Crippen molar-refractivity contribution in [1.82, 2.24) is 4.90 Å². The van der Waals surface area contributed by atoms with Gasteiger partial charge in [-0.15, -0.1) is 0 Å². The number of rotatable bonds is 7. The fraction of sp³-hybridized carbons (Fsp3) is 0.250. The smallest absolute Gasteiger partial charge is 0.376 e. The van der Waals surface area contributed by atoms with Gasteiger partial charge in [0.05, 0.1) is 28.4 Å². The number of ether oxygens (including phenoxy) is 4. The van der Waals surface area contributed by atoms with Crippen LogP contribution in [0.25, 0.3) is 0 Å². The summed E-state index contributed by atoms with van der Waals surface area (Å²) in [5.41, 5.74) is 1.75. The maximum absolute atomic E-state index is 13.4. The second kappa shape index (κ2) is 9.58. The Hall–Kier alpha value is -3.46. The van der Waals surface area contributed by atoms with Crippen molar-refractivity contribution in [3.05, 3.63) is 64.5 Å². The maximum atomic E-state index is 13.4. The zero-order valence-electron chi connectivity index (χ0n) is 18.7. The molecule has 4 rings (SSSR count). The molecule has 33 heavy (non-hydrogen) atoms. The van der Waals surface area contributed by atoms with E-state index in [0.717, 1.165) is 11.3 Å². The van der Waals surface area contributed by atoms with Crippen LogP contribution in [0.4, 0.5) is 5.69 Å². The highest BCUT2D eigenvalue weighted by Gasteiger charge is 2.41. The highest BCUT2D eigenvalue weighted by atomic mass is 79.9. The number of furan rings is 1. The molecule has 1 atom stereocenters. The van der Waals surface area contributed by atoms with E-state index < -0.39 is 0 Å². The molecule has 1 aromatic heterocycles. The number of hydrogen-bond acceptors (Lipinski definition) is 6. The number of amides is 1. The third kappa shape index (κ3) is 4.41. The normalized spacial score (nSPS) is 15.2. The van der Waals surface area contributed by atoms with Crippen LogP contribution in [-0.2, 0) is 0 Å². The van der Waals surface area contributed by atoms with Gasteiger partial charge < -0.3 is 23.4 Å². The molecule has 2 heterocycles. The largest absolute Gasteiger partial charge is 0.493 e. The number of benzene rings is 2. The summed E-state index contributed by atoms with van der Waals surface area (Å²) in [5.74, 6) is 2.41. The van der Waals surface area contributed by atoms with E-state index in [1.165, 1.54) is 0 Å². The maximum Gasteiger partial charge on any atom is 0.376 e. The van der Waals surface area contributed by atoms with Gasteiger partial charge in [0.1, 0.15) is 12.2 Å². The molecule has 0 fully saturated rings. The lowest BCUT2D eigenvalue weighted by Gasteiger charge is -2.17. The molecule has 1 amide bonds. The first-order chi connectivity index (χ1) is 16.0. The van der Waals surface area contributed by atoms with E-state index in [1.54, 1.807) is 51.8 Å². The van der Waals surface area contributed by atoms with E-state index in [4.69, 9.17) is 23.4 Å². The molecule has 0 N–H and O–H groups in total. The van der Waals surface area contributed by atoms with Crippen molar-refractivity contribution in [3.63, 3.8) is 0 Å². The molecule has 0 spiro atoms. The van der Waals surface area contributed by atoms with Crippen LogP contribution in [-0.4, -0.2) is 56.7 Å². The summed E-state index contributed by atoms with van der Waals surface area (Å²) < 4.78 is 29.7. The molecule has 0 saturated carbocycles. The van der Waals surface area contributed by atoms with Gasteiger partial charge >= 0.3 is 5.91 Å². The van der Waals surface area contributed by atoms with Crippen molar-refractivity contribution in [2.75, 3.05) is 35.0 Å².